The molecule has 24 heavy (non-hydrogen) atoms. The van der Waals surface area contributed by atoms with E-state index in [9.17, 15) is 4.79 Å². The molecule has 0 bridgehead atoms. The van der Waals surface area contributed by atoms with Crippen LogP contribution in [0, 0.1) is 0 Å². The normalized spacial score (nSPS) is 11.0. The van der Waals surface area contributed by atoms with Crippen LogP contribution in [0.25, 0.3) is 32.8 Å². The van der Waals surface area contributed by atoms with Crippen molar-refractivity contribution in [1.29, 1.82) is 0 Å². The largest absolute Gasteiger partial charge is 0.464 e. The third kappa shape index (κ3) is 2.24. The van der Waals surface area contributed by atoms with Crippen molar-refractivity contribution in [2.45, 2.75) is 0 Å². The molecule has 118 valence electrons. The second kappa shape index (κ2) is 5.50. The van der Waals surface area contributed by atoms with E-state index in [-0.39, 0.29) is 0 Å². The number of aromatic nitrogens is 1. The summed E-state index contributed by atoms with van der Waals surface area (Å²) in [5.41, 5.74) is 14.5. The Bertz CT molecular complexity index is 1040. The predicted molar refractivity (Wildman–Crippen MR) is 95.7 cm³/mol. The summed E-state index contributed by atoms with van der Waals surface area (Å²) < 4.78 is 5.55. The molecule has 4 N–H and O–H groups in total. The Morgan fingerprint density at radius 1 is 1.12 bits per heavy atom. The maximum atomic E-state index is 11.6. The number of amides is 1. The van der Waals surface area contributed by atoms with Crippen LogP contribution in [0.3, 0.4) is 0 Å². The van der Waals surface area contributed by atoms with Crippen LogP contribution in [0.1, 0.15) is 9.67 Å². The zero-order chi connectivity index (χ0) is 16.7. The fourth-order valence-corrected chi connectivity index (χ4v) is 3.66. The second-order valence-electron chi connectivity index (χ2n) is 5.29. The van der Waals surface area contributed by atoms with Crippen LogP contribution in [0.15, 0.2) is 59.2 Å². The number of benzene rings is 1. The number of thiophene rings is 1. The lowest BCUT2D eigenvalue weighted by Gasteiger charge is -2.06. The van der Waals surface area contributed by atoms with Crippen molar-refractivity contribution < 1.29 is 9.21 Å². The van der Waals surface area contributed by atoms with E-state index in [0.717, 1.165) is 16.8 Å². The molecule has 0 radical (unpaired) electrons. The Balaban J connectivity index is 2.07. The molecule has 0 aliphatic carbocycles. The zero-order valence-electron chi connectivity index (χ0n) is 12.5. The summed E-state index contributed by atoms with van der Waals surface area (Å²) in [4.78, 5) is 17.3. The average molecular weight is 335 g/mol. The molecular weight excluding hydrogens is 322 g/mol. The summed E-state index contributed by atoms with van der Waals surface area (Å²) in [6.07, 6.45) is 1.60. The monoisotopic (exact) mass is 335 g/mol. The molecule has 0 atom stereocenters. The topological polar surface area (TPSA) is 95.1 Å². The van der Waals surface area contributed by atoms with Gasteiger partial charge in [-0.25, -0.2) is 4.98 Å². The van der Waals surface area contributed by atoms with E-state index in [4.69, 9.17) is 15.9 Å². The van der Waals surface area contributed by atoms with Gasteiger partial charge in [-0.1, -0.05) is 30.3 Å². The fourth-order valence-electron chi connectivity index (χ4n) is 2.69. The fraction of sp³-hybridized carbons (Fsp3) is 0. The van der Waals surface area contributed by atoms with Crippen LogP contribution in [-0.4, -0.2) is 10.9 Å². The summed E-state index contributed by atoms with van der Waals surface area (Å²) in [5.74, 6) is 0.113. The van der Waals surface area contributed by atoms with E-state index < -0.39 is 5.91 Å². The van der Waals surface area contributed by atoms with Crippen molar-refractivity contribution in [3.05, 3.63) is 59.7 Å². The van der Waals surface area contributed by atoms with Crippen LogP contribution in [-0.2, 0) is 0 Å². The van der Waals surface area contributed by atoms with E-state index in [1.165, 1.54) is 11.3 Å². The standard InChI is InChI=1S/C18H13N3O2S/c19-15-14-11(13-7-4-8-23-13)9-12(10-5-2-1-3-6-10)21-18(14)24-16(15)17(20)22/h1-9H,19H2,(H2,20,22). The third-order valence-electron chi connectivity index (χ3n) is 3.78. The first-order valence-electron chi connectivity index (χ1n) is 7.27. The lowest BCUT2D eigenvalue weighted by molar-refractivity contribution is 0.100. The number of nitrogens with two attached hydrogens (primary N) is 2. The van der Waals surface area contributed by atoms with Crippen LogP contribution >= 0.6 is 11.3 Å². The molecule has 3 aromatic heterocycles. The molecule has 4 aromatic rings. The van der Waals surface area contributed by atoms with Gasteiger partial charge >= 0.3 is 0 Å². The third-order valence-corrected chi connectivity index (χ3v) is 4.89. The maximum absolute atomic E-state index is 11.6. The number of carbonyl (C=O) groups is 1. The number of hydrogen-bond acceptors (Lipinski definition) is 5. The molecule has 0 aliphatic rings. The molecule has 4 rings (SSSR count). The Labute approximate surface area is 141 Å². The number of primary amides is 1. The highest BCUT2D eigenvalue weighted by atomic mass is 32.1. The Morgan fingerprint density at radius 3 is 2.58 bits per heavy atom. The quantitative estimate of drug-likeness (QED) is 0.593. The Kier molecular flexibility index (Phi) is 3.32. The number of rotatable bonds is 3. The highest BCUT2D eigenvalue weighted by Crippen LogP contribution is 2.41. The van der Waals surface area contributed by atoms with Gasteiger partial charge in [-0.05, 0) is 18.2 Å². The summed E-state index contributed by atoms with van der Waals surface area (Å²) >= 11 is 1.20. The SMILES string of the molecule is NC(=O)c1sc2nc(-c3ccccc3)cc(-c3ccco3)c2c1N. The molecule has 5 nitrogen and oxygen atoms in total. The van der Waals surface area contributed by atoms with E-state index in [0.29, 0.717) is 26.5 Å². The molecule has 0 unspecified atom stereocenters. The van der Waals surface area contributed by atoms with Crippen LogP contribution in [0.2, 0.25) is 0 Å². The number of furan rings is 1. The van der Waals surface area contributed by atoms with Gasteiger partial charge in [0.05, 0.1) is 17.6 Å². The summed E-state index contributed by atoms with van der Waals surface area (Å²) in [6.45, 7) is 0. The van der Waals surface area contributed by atoms with Crippen LogP contribution in [0.5, 0.6) is 0 Å². The maximum Gasteiger partial charge on any atom is 0.260 e. The van der Waals surface area contributed by atoms with E-state index >= 15 is 0 Å². The first-order chi connectivity index (χ1) is 11.6. The summed E-state index contributed by atoms with van der Waals surface area (Å²) in [5, 5.41) is 0.698. The van der Waals surface area contributed by atoms with Crippen LogP contribution in [0.4, 0.5) is 5.69 Å². The highest BCUT2D eigenvalue weighted by Gasteiger charge is 2.21. The predicted octanol–water partition coefficient (Wildman–Crippen LogP) is 3.90. The van der Waals surface area contributed by atoms with Gasteiger partial charge in [-0.3, -0.25) is 4.79 Å². The zero-order valence-corrected chi connectivity index (χ0v) is 13.3. The van der Waals surface area contributed by atoms with Crippen molar-refractivity contribution in [2.75, 3.05) is 5.73 Å². The highest BCUT2D eigenvalue weighted by molar-refractivity contribution is 7.21. The Hall–Kier alpha value is -3.12. The minimum atomic E-state index is -0.554. The van der Waals surface area contributed by atoms with Gasteiger partial charge in [0.2, 0.25) is 0 Å². The van der Waals surface area contributed by atoms with Gasteiger partial charge in [-0.2, -0.15) is 0 Å². The number of anilines is 1. The van der Waals surface area contributed by atoms with Crippen molar-refractivity contribution in [3.63, 3.8) is 0 Å². The summed E-state index contributed by atoms with van der Waals surface area (Å²) in [6, 6.07) is 15.4. The van der Waals surface area contributed by atoms with Gasteiger partial charge < -0.3 is 15.9 Å². The van der Waals surface area contributed by atoms with Crippen LogP contribution < -0.4 is 11.5 Å². The first-order valence-corrected chi connectivity index (χ1v) is 8.09. The minimum Gasteiger partial charge on any atom is -0.464 e. The number of nitrogen functional groups attached to an aromatic ring is 1. The van der Waals surface area contributed by atoms with Crippen molar-refractivity contribution in [3.8, 4) is 22.6 Å². The molecule has 3 heterocycles. The molecule has 0 spiro atoms. The first kappa shape index (κ1) is 14.5. The number of carbonyl (C=O) groups excluding carboxylic acids is 1. The van der Waals surface area contributed by atoms with Crippen molar-refractivity contribution in [1.82, 2.24) is 4.98 Å². The van der Waals surface area contributed by atoms with E-state index in [1.807, 2.05) is 42.5 Å². The molecule has 0 aliphatic heterocycles. The van der Waals surface area contributed by atoms with E-state index in [1.54, 1.807) is 12.3 Å². The minimum absolute atomic E-state index is 0.315. The van der Waals surface area contributed by atoms with Gasteiger partial charge in [0.1, 0.15) is 15.5 Å². The summed E-state index contributed by atoms with van der Waals surface area (Å²) in [7, 11) is 0. The Morgan fingerprint density at radius 2 is 1.92 bits per heavy atom. The van der Waals surface area contributed by atoms with Gasteiger partial charge in [0, 0.05) is 16.5 Å². The lowest BCUT2D eigenvalue weighted by atomic mass is 10.0. The number of hydrogen-bond donors (Lipinski definition) is 2. The molecular formula is C18H13N3O2S. The molecule has 0 fully saturated rings. The lowest BCUT2D eigenvalue weighted by Crippen LogP contribution is -2.10. The molecule has 1 amide bonds. The smallest absolute Gasteiger partial charge is 0.260 e. The average Bonchev–Trinajstić information content (AvgIpc) is 3.23. The molecule has 6 heteroatoms. The number of nitrogens with zero attached hydrogens (tertiary/aromatic N) is 1. The van der Waals surface area contributed by atoms with Crippen molar-refractivity contribution >= 4 is 33.1 Å². The van der Waals surface area contributed by atoms with Crippen molar-refractivity contribution in [2.24, 2.45) is 5.73 Å². The van der Waals surface area contributed by atoms with E-state index in [2.05, 4.69) is 4.98 Å². The second-order valence-corrected chi connectivity index (χ2v) is 6.29. The van der Waals surface area contributed by atoms with Gasteiger partial charge in [-0.15, -0.1) is 11.3 Å². The van der Waals surface area contributed by atoms with Gasteiger partial charge in [0.15, 0.2) is 0 Å². The number of fused-ring (bicyclic) bond motifs is 1. The number of pyridine rings is 1. The van der Waals surface area contributed by atoms with Gasteiger partial charge in [0.25, 0.3) is 5.91 Å². The molecule has 0 saturated heterocycles. The molecule has 0 saturated carbocycles. The molecule has 1 aromatic carbocycles.